The first-order valence-electron chi connectivity index (χ1n) is 4.97. The molecule has 2 nitrogen and oxygen atoms in total. The summed E-state index contributed by atoms with van der Waals surface area (Å²) in [5, 5.41) is 3.58. The lowest BCUT2D eigenvalue weighted by Gasteiger charge is -2.23. The van der Waals surface area contributed by atoms with E-state index in [4.69, 9.17) is 4.74 Å². The van der Waals surface area contributed by atoms with Gasteiger partial charge in [0.1, 0.15) is 0 Å². The largest absolute Gasteiger partial charge is 0.383 e. The number of rotatable bonds is 3. The molecule has 0 radical (unpaired) electrons. The Balaban J connectivity index is 1.86. The summed E-state index contributed by atoms with van der Waals surface area (Å²) in [5.41, 5.74) is 0.266. The second-order valence-corrected chi connectivity index (χ2v) is 4.68. The van der Waals surface area contributed by atoms with Crippen LogP contribution in [0.4, 0.5) is 0 Å². The fraction of sp³-hybridized carbons (Fsp3) is 1.00. The van der Waals surface area contributed by atoms with Gasteiger partial charge in [0, 0.05) is 12.6 Å². The van der Waals surface area contributed by atoms with Crippen molar-refractivity contribution in [1.29, 1.82) is 0 Å². The van der Waals surface area contributed by atoms with E-state index in [9.17, 15) is 0 Å². The highest BCUT2D eigenvalue weighted by Gasteiger charge is 2.41. The minimum Gasteiger partial charge on any atom is -0.383 e. The topological polar surface area (TPSA) is 21.3 Å². The van der Waals surface area contributed by atoms with Crippen LogP contribution in [0.3, 0.4) is 0 Å². The van der Waals surface area contributed by atoms with E-state index in [0.717, 1.165) is 18.4 Å². The molecule has 0 spiro atoms. The number of methoxy groups -OCH3 is 1. The zero-order valence-corrected chi connectivity index (χ0v) is 8.10. The van der Waals surface area contributed by atoms with Crippen LogP contribution in [-0.4, -0.2) is 25.8 Å². The smallest absolute Gasteiger partial charge is 0.0641 e. The minimum absolute atomic E-state index is 0.266. The van der Waals surface area contributed by atoms with Gasteiger partial charge in [-0.2, -0.15) is 0 Å². The fourth-order valence-corrected chi connectivity index (χ4v) is 2.43. The van der Waals surface area contributed by atoms with Crippen LogP contribution in [0.25, 0.3) is 0 Å². The van der Waals surface area contributed by atoms with E-state index in [1.807, 2.05) is 0 Å². The summed E-state index contributed by atoms with van der Waals surface area (Å²) in [7, 11) is 1.79. The van der Waals surface area contributed by atoms with E-state index in [1.165, 1.54) is 25.8 Å². The Morgan fingerprint density at radius 2 is 2.17 bits per heavy atom. The highest BCUT2D eigenvalue weighted by molar-refractivity contribution is 4.98. The third-order valence-corrected chi connectivity index (χ3v) is 3.26. The Morgan fingerprint density at radius 1 is 1.42 bits per heavy atom. The van der Waals surface area contributed by atoms with E-state index < -0.39 is 0 Å². The maximum atomic E-state index is 5.21. The van der Waals surface area contributed by atoms with E-state index in [0.29, 0.717) is 0 Å². The second-order valence-electron chi connectivity index (χ2n) is 4.68. The molecule has 1 aliphatic carbocycles. The predicted octanol–water partition coefficient (Wildman–Crippen LogP) is 1.41. The Morgan fingerprint density at radius 3 is 2.75 bits per heavy atom. The van der Waals surface area contributed by atoms with Gasteiger partial charge in [-0.3, -0.25) is 0 Å². The van der Waals surface area contributed by atoms with Crippen LogP contribution in [0.2, 0.25) is 0 Å². The van der Waals surface area contributed by atoms with Crippen molar-refractivity contribution in [3.63, 3.8) is 0 Å². The Labute approximate surface area is 74.7 Å². The maximum absolute atomic E-state index is 5.21. The first-order chi connectivity index (χ1) is 5.73. The van der Waals surface area contributed by atoms with E-state index in [1.54, 1.807) is 7.11 Å². The van der Waals surface area contributed by atoms with Gasteiger partial charge in [0.25, 0.3) is 0 Å². The molecule has 2 rings (SSSR count). The van der Waals surface area contributed by atoms with Gasteiger partial charge in [-0.05, 0) is 44.6 Å². The standard InChI is InChI=1S/C10H19NO/c1-10(7-12-2)5-9(6-11-10)8-3-4-8/h8-9,11H,3-7H2,1-2H3. The molecule has 0 aromatic carbocycles. The van der Waals surface area contributed by atoms with Gasteiger partial charge in [-0.1, -0.05) is 0 Å². The first-order valence-corrected chi connectivity index (χ1v) is 4.97. The first kappa shape index (κ1) is 8.52. The molecule has 70 valence electrons. The number of nitrogens with one attached hydrogen (secondary N) is 1. The molecule has 1 N–H and O–H groups in total. The third-order valence-electron chi connectivity index (χ3n) is 3.26. The van der Waals surface area contributed by atoms with Crippen LogP contribution < -0.4 is 5.32 Å². The third kappa shape index (κ3) is 1.64. The molecule has 2 aliphatic rings. The van der Waals surface area contributed by atoms with E-state index in [2.05, 4.69) is 12.2 Å². The number of hydrogen-bond acceptors (Lipinski definition) is 2. The molecule has 2 atom stereocenters. The summed E-state index contributed by atoms with van der Waals surface area (Å²) >= 11 is 0. The average Bonchev–Trinajstić information content (AvgIpc) is 2.78. The van der Waals surface area contributed by atoms with Gasteiger partial charge >= 0.3 is 0 Å². The molecule has 0 aromatic rings. The zero-order chi connectivity index (χ0) is 8.60. The Hall–Kier alpha value is -0.0800. The molecular weight excluding hydrogens is 150 g/mol. The monoisotopic (exact) mass is 169 g/mol. The van der Waals surface area contributed by atoms with Crippen LogP contribution >= 0.6 is 0 Å². The number of ether oxygens (including phenoxy) is 1. The summed E-state index contributed by atoms with van der Waals surface area (Å²) in [6, 6.07) is 0. The van der Waals surface area contributed by atoms with Crippen LogP contribution in [0.1, 0.15) is 26.2 Å². The van der Waals surface area contributed by atoms with Crippen LogP contribution in [0, 0.1) is 11.8 Å². The van der Waals surface area contributed by atoms with Crippen LogP contribution in [-0.2, 0) is 4.74 Å². The lowest BCUT2D eigenvalue weighted by Crippen LogP contribution is -2.40. The van der Waals surface area contributed by atoms with Gasteiger partial charge in [0.15, 0.2) is 0 Å². The summed E-state index contributed by atoms with van der Waals surface area (Å²) in [4.78, 5) is 0. The van der Waals surface area contributed by atoms with Gasteiger partial charge in [0.05, 0.1) is 6.61 Å². The minimum atomic E-state index is 0.266. The lowest BCUT2D eigenvalue weighted by atomic mass is 9.93. The van der Waals surface area contributed by atoms with Crippen molar-refractivity contribution >= 4 is 0 Å². The van der Waals surface area contributed by atoms with E-state index in [-0.39, 0.29) is 5.54 Å². The summed E-state index contributed by atoms with van der Waals surface area (Å²) < 4.78 is 5.21. The van der Waals surface area contributed by atoms with Gasteiger partial charge < -0.3 is 10.1 Å². The van der Waals surface area contributed by atoms with Crippen LogP contribution in [0.15, 0.2) is 0 Å². The molecule has 1 saturated heterocycles. The molecule has 0 bridgehead atoms. The van der Waals surface area contributed by atoms with Crippen molar-refractivity contribution in [2.75, 3.05) is 20.3 Å². The van der Waals surface area contributed by atoms with Gasteiger partial charge in [-0.15, -0.1) is 0 Å². The van der Waals surface area contributed by atoms with Crippen molar-refractivity contribution in [2.24, 2.45) is 11.8 Å². The molecule has 1 saturated carbocycles. The Bertz CT molecular complexity index is 167. The van der Waals surface area contributed by atoms with Crippen molar-refractivity contribution in [3.05, 3.63) is 0 Å². The Kier molecular flexibility index (Phi) is 2.13. The van der Waals surface area contributed by atoms with Crippen LogP contribution in [0.5, 0.6) is 0 Å². The predicted molar refractivity (Wildman–Crippen MR) is 49.1 cm³/mol. The molecule has 0 amide bonds. The molecule has 2 fully saturated rings. The molecule has 0 aromatic heterocycles. The quantitative estimate of drug-likeness (QED) is 0.689. The van der Waals surface area contributed by atoms with Crippen molar-refractivity contribution in [1.82, 2.24) is 5.32 Å². The van der Waals surface area contributed by atoms with Gasteiger partial charge in [-0.25, -0.2) is 0 Å². The SMILES string of the molecule is COCC1(C)CC(C2CC2)CN1. The summed E-state index contributed by atoms with van der Waals surface area (Å²) in [6.45, 7) is 4.35. The molecule has 1 heterocycles. The van der Waals surface area contributed by atoms with E-state index >= 15 is 0 Å². The highest BCUT2D eigenvalue weighted by Crippen LogP contribution is 2.42. The molecule has 1 aliphatic heterocycles. The lowest BCUT2D eigenvalue weighted by molar-refractivity contribution is 0.127. The van der Waals surface area contributed by atoms with Crippen molar-refractivity contribution in [2.45, 2.75) is 31.7 Å². The molecular formula is C10H19NO. The summed E-state index contributed by atoms with van der Waals surface area (Å²) in [6.07, 6.45) is 4.25. The number of hydrogen-bond donors (Lipinski definition) is 1. The highest BCUT2D eigenvalue weighted by atomic mass is 16.5. The molecule has 2 heteroatoms. The molecule has 2 unspecified atom stereocenters. The van der Waals surface area contributed by atoms with Gasteiger partial charge in [0.2, 0.25) is 0 Å². The molecule has 12 heavy (non-hydrogen) atoms. The zero-order valence-electron chi connectivity index (χ0n) is 8.10. The summed E-state index contributed by atoms with van der Waals surface area (Å²) in [5.74, 6) is 1.97. The van der Waals surface area contributed by atoms with Crippen molar-refractivity contribution < 1.29 is 4.74 Å². The van der Waals surface area contributed by atoms with Crippen molar-refractivity contribution in [3.8, 4) is 0 Å². The normalized spacial score (nSPS) is 42.0. The maximum Gasteiger partial charge on any atom is 0.0641 e. The fourth-order valence-electron chi connectivity index (χ4n) is 2.43. The average molecular weight is 169 g/mol. The second kappa shape index (κ2) is 3.00.